The third kappa shape index (κ3) is 5.04. The lowest BCUT2D eigenvalue weighted by Crippen LogP contribution is -2.10. The molecule has 0 aliphatic heterocycles. The van der Waals surface area contributed by atoms with Crippen molar-refractivity contribution in [2.75, 3.05) is 13.2 Å². The number of hydrogen-bond acceptors (Lipinski definition) is 5. The molecule has 0 amide bonds. The fourth-order valence-electron chi connectivity index (χ4n) is 2.85. The molecule has 0 aliphatic rings. The third-order valence-corrected chi connectivity index (χ3v) is 5.13. The van der Waals surface area contributed by atoms with Gasteiger partial charge < -0.3 is 9.47 Å². The van der Waals surface area contributed by atoms with E-state index in [4.69, 9.17) is 14.6 Å². The highest BCUT2D eigenvalue weighted by atomic mass is 32.1. The molecule has 2 aromatic carbocycles. The van der Waals surface area contributed by atoms with Gasteiger partial charge in [0.1, 0.15) is 24.7 Å². The van der Waals surface area contributed by atoms with E-state index in [2.05, 4.69) is 0 Å². The Morgan fingerprint density at radius 2 is 1.73 bits per heavy atom. The van der Waals surface area contributed by atoms with Gasteiger partial charge in [-0.2, -0.15) is 5.10 Å². The Morgan fingerprint density at radius 3 is 2.47 bits per heavy atom. The standard InChI is InChI=1S/C24H20N2O3S/c27-23(29-16-15-28-21-10-5-2-6-11-21)14-13-19-18-26(20-8-3-1-4-9-20)25-24(19)22-12-7-17-30-22/h1-14,17-18H,15-16H2. The summed E-state index contributed by atoms with van der Waals surface area (Å²) >= 11 is 1.61. The Morgan fingerprint density at radius 1 is 0.967 bits per heavy atom. The van der Waals surface area contributed by atoms with Crippen LogP contribution in [0.2, 0.25) is 0 Å². The van der Waals surface area contributed by atoms with Crippen molar-refractivity contribution in [3.05, 3.63) is 96.0 Å². The van der Waals surface area contributed by atoms with Crippen LogP contribution in [0.15, 0.2) is 90.4 Å². The number of esters is 1. The van der Waals surface area contributed by atoms with Gasteiger partial charge in [0, 0.05) is 17.8 Å². The van der Waals surface area contributed by atoms with Crippen molar-refractivity contribution in [3.63, 3.8) is 0 Å². The van der Waals surface area contributed by atoms with Crippen LogP contribution < -0.4 is 4.74 Å². The lowest BCUT2D eigenvalue weighted by Gasteiger charge is -2.05. The average molecular weight is 417 g/mol. The minimum Gasteiger partial charge on any atom is -0.490 e. The van der Waals surface area contributed by atoms with Gasteiger partial charge in [-0.05, 0) is 41.8 Å². The minimum atomic E-state index is -0.420. The van der Waals surface area contributed by atoms with E-state index < -0.39 is 5.97 Å². The zero-order valence-electron chi connectivity index (χ0n) is 16.2. The van der Waals surface area contributed by atoms with Crippen molar-refractivity contribution in [2.45, 2.75) is 0 Å². The number of rotatable bonds is 8. The van der Waals surface area contributed by atoms with Crippen LogP contribution in [0.25, 0.3) is 22.3 Å². The molecule has 2 aromatic heterocycles. The first kappa shape index (κ1) is 19.7. The number of benzene rings is 2. The number of carbonyl (C=O) groups is 1. The van der Waals surface area contributed by atoms with Crippen molar-refractivity contribution < 1.29 is 14.3 Å². The van der Waals surface area contributed by atoms with Crippen LogP contribution in [0, 0.1) is 0 Å². The van der Waals surface area contributed by atoms with E-state index in [1.54, 1.807) is 17.4 Å². The summed E-state index contributed by atoms with van der Waals surface area (Å²) in [5.74, 6) is 0.328. The van der Waals surface area contributed by atoms with Gasteiger partial charge >= 0.3 is 5.97 Å². The first-order chi connectivity index (χ1) is 14.8. The summed E-state index contributed by atoms with van der Waals surface area (Å²) in [7, 11) is 0. The topological polar surface area (TPSA) is 53.4 Å². The molecular formula is C24H20N2O3S. The summed E-state index contributed by atoms with van der Waals surface area (Å²) in [6, 6.07) is 23.3. The molecule has 0 saturated heterocycles. The Bertz CT molecular complexity index is 1100. The summed E-state index contributed by atoms with van der Waals surface area (Å²) in [6.45, 7) is 0.481. The van der Waals surface area contributed by atoms with E-state index in [0.717, 1.165) is 27.6 Å². The summed E-state index contributed by atoms with van der Waals surface area (Å²) in [5.41, 5.74) is 2.62. The number of para-hydroxylation sites is 2. The Kier molecular flexibility index (Phi) is 6.37. The summed E-state index contributed by atoms with van der Waals surface area (Å²) in [5, 5.41) is 6.72. The van der Waals surface area contributed by atoms with Crippen LogP contribution in [-0.4, -0.2) is 29.0 Å². The lowest BCUT2D eigenvalue weighted by molar-refractivity contribution is -0.138. The van der Waals surface area contributed by atoms with E-state index in [0.29, 0.717) is 6.61 Å². The molecule has 150 valence electrons. The molecule has 0 fully saturated rings. The second-order valence-electron chi connectivity index (χ2n) is 6.35. The summed E-state index contributed by atoms with van der Waals surface area (Å²) in [4.78, 5) is 13.1. The molecule has 0 aliphatic carbocycles. The number of aromatic nitrogens is 2. The van der Waals surface area contributed by atoms with Crippen LogP contribution in [0.5, 0.6) is 5.75 Å². The fraction of sp³-hybridized carbons (Fsp3) is 0.0833. The average Bonchev–Trinajstić information content (AvgIpc) is 3.46. The molecule has 30 heavy (non-hydrogen) atoms. The molecule has 6 heteroatoms. The molecule has 0 atom stereocenters. The highest BCUT2D eigenvalue weighted by molar-refractivity contribution is 7.13. The molecule has 4 rings (SSSR count). The van der Waals surface area contributed by atoms with Gasteiger partial charge in [0.25, 0.3) is 0 Å². The number of nitrogens with zero attached hydrogens (tertiary/aromatic N) is 2. The first-order valence-electron chi connectivity index (χ1n) is 9.51. The quantitative estimate of drug-likeness (QED) is 0.224. The highest BCUT2D eigenvalue weighted by Crippen LogP contribution is 2.28. The van der Waals surface area contributed by atoms with Crippen molar-refractivity contribution in [1.82, 2.24) is 9.78 Å². The van der Waals surface area contributed by atoms with E-state index in [1.807, 2.05) is 89.1 Å². The highest BCUT2D eigenvalue weighted by Gasteiger charge is 2.12. The van der Waals surface area contributed by atoms with E-state index in [9.17, 15) is 4.79 Å². The van der Waals surface area contributed by atoms with Crippen LogP contribution in [0.4, 0.5) is 0 Å². The van der Waals surface area contributed by atoms with Gasteiger partial charge in [0.05, 0.1) is 10.6 Å². The zero-order chi connectivity index (χ0) is 20.6. The fourth-order valence-corrected chi connectivity index (χ4v) is 3.58. The maximum atomic E-state index is 12.1. The first-order valence-corrected chi connectivity index (χ1v) is 10.4. The Labute approximate surface area is 178 Å². The maximum Gasteiger partial charge on any atom is 0.330 e. The van der Waals surface area contributed by atoms with Crippen LogP contribution in [-0.2, 0) is 9.53 Å². The van der Waals surface area contributed by atoms with Crippen molar-refractivity contribution in [3.8, 4) is 22.0 Å². The predicted octanol–water partition coefficient (Wildman–Crippen LogP) is 5.24. The molecule has 0 unspecified atom stereocenters. The zero-order valence-corrected chi connectivity index (χ0v) is 17.0. The smallest absolute Gasteiger partial charge is 0.330 e. The van der Waals surface area contributed by atoms with E-state index in [1.165, 1.54) is 6.08 Å². The largest absolute Gasteiger partial charge is 0.490 e. The number of hydrogen-bond donors (Lipinski definition) is 0. The summed E-state index contributed by atoms with van der Waals surface area (Å²) < 4.78 is 12.6. The van der Waals surface area contributed by atoms with Gasteiger partial charge in [0.15, 0.2) is 0 Å². The van der Waals surface area contributed by atoms with Crippen molar-refractivity contribution in [1.29, 1.82) is 0 Å². The van der Waals surface area contributed by atoms with Crippen molar-refractivity contribution >= 4 is 23.4 Å². The molecule has 0 saturated carbocycles. The van der Waals surface area contributed by atoms with Crippen molar-refractivity contribution in [2.24, 2.45) is 0 Å². The molecule has 0 N–H and O–H groups in total. The van der Waals surface area contributed by atoms with Crippen LogP contribution >= 0.6 is 11.3 Å². The number of ether oxygens (including phenoxy) is 2. The monoisotopic (exact) mass is 416 g/mol. The van der Waals surface area contributed by atoms with Gasteiger partial charge in [0.2, 0.25) is 0 Å². The SMILES string of the molecule is O=C(C=Cc1cn(-c2ccccc2)nc1-c1cccs1)OCCOc1ccccc1. The molecule has 0 spiro atoms. The van der Waals surface area contributed by atoms with Crippen LogP contribution in [0.3, 0.4) is 0 Å². The molecule has 0 radical (unpaired) electrons. The maximum absolute atomic E-state index is 12.1. The Hall–Kier alpha value is -3.64. The van der Waals surface area contributed by atoms with Crippen LogP contribution in [0.1, 0.15) is 5.56 Å². The number of thiophene rings is 1. The third-order valence-electron chi connectivity index (χ3n) is 4.26. The predicted molar refractivity (Wildman–Crippen MR) is 119 cm³/mol. The van der Waals surface area contributed by atoms with Gasteiger partial charge in [-0.15, -0.1) is 11.3 Å². The molecule has 0 bridgehead atoms. The normalized spacial score (nSPS) is 10.9. The molecule has 5 nitrogen and oxygen atoms in total. The summed E-state index contributed by atoms with van der Waals surface area (Å²) in [6.07, 6.45) is 5.07. The lowest BCUT2D eigenvalue weighted by atomic mass is 10.2. The van der Waals surface area contributed by atoms with Gasteiger partial charge in [-0.25, -0.2) is 9.48 Å². The second-order valence-corrected chi connectivity index (χ2v) is 7.30. The Balaban J connectivity index is 1.42. The number of carbonyl (C=O) groups excluding carboxylic acids is 1. The van der Waals surface area contributed by atoms with E-state index >= 15 is 0 Å². The van der Waals surface area contributed by atoms with Gasteiger partial charge in [-0.1, -0.05) is 42.5 Å². The molecule has 4 aromatic rings. The minimum absolute atomic E-state index is 0.180. The molecule has 2 heterocycles. The van der Waals surface area contributed by atoms with Gasteiger partial charge in [-0.3, -0.25) is 0 Å². The van der Waals surface area contributed by atoms with E-state index in [-0.39, 0.29) is 6.61 Å². The second kappa shape index (κ2) is 9.71. The molecular weight excluding hydrogens is 396 g/mol.